The van der Waals surface area contributed by atoms with E-state index in [1.807, 2.05) is 6.92 Å². The van der Waals surface area contributed by atoms with E-state index in [0.29, 0.717) is 12.4 Å². The molecule has 0 bridgehead atoms. The van der Waals surface area contributed by atoms with Gasteiger partial charge in [-0.15, -0.1) is 11.3 Å². The average Bonchev–Trinajstić information content (AvgIpc) is 3.52. The minimum absolute atomic E-state index is 0.0195. The number of aliphatic hydroxyl groups is 1. The van der Waals surface area contributed by atoms with Crippen LogP contribution in [-0.2, 0) is 0 Å². The lowest BCUT2D eigenvalue weighted by Crippen LogP contribution is -2.42. The third kappa shape index (κ3) is 6.62. The number of hydrogen-bond acceptors (Lipinski definition) is 7. The molecule has 1 saturated heterocycles. The van der Waals surface area contributed by atoms with Crippen molar-refractivity contribution in [2.24, 2.45) is 0 Å². The van der Waals surface area contributed by atoms with E-state index >= 15 is 0 Å². The van der Waals surface area contributed by atoms with Gasteiger partial charge in [0.15, 0.2) is 5.01 Å². The lowest BCUT2D eigenvalue weighted by molar-refractivity contribution is 0.0630. The summed E-state index contributed by atoms with van der Waals surface area (Å²) in [5.74, 6) is -0.588. The highest BCUT2D eigenvalue weighted by molar-refractivity contribution is 7.17. The summed E-state index contributed by atoms with van der Waals surface area (Å²) in [4.78, 5) is 37.1. The van der Waals surface area contributed by atoms with Crippen molar-refractivity contribution in [3.05, 3.63) is 28.5 Å². The molecule has 202 valence electrons. The minimum Gasteiger partial charge on any atom is -0.389 e. The summed E-state index contributed by atoms with van der Waals surface area (Å²) >= 11 is 0.889. The fourth-order valence-corrected chi connectivity index (χ4v) is 5.86. The predicted molar refractivity (Wildman–Crippen MR) is 139 cm³/mol. The van der Waals surface area contributed by atoms with E-state index in [4.69, 9.17) is 0 Å². The van der Waals surface area contributed by atoms with Crippen molar-refractivity contribution >= 4 is 29.0 Å². The molecule has 0 radical (unpaired) electrons. The fraction of sp³-hybridized carbons (Fsp3) is 0.615. The van der Waals surface area contributed by atoms with Gasteiger partial charge in [-0.1, -0.05) is 12.8 Å². The van der Waals surface area contributed by atoms with Crippen LogP contribution in [0.3, 0.4) is 0 Å². The maximum Gasteiger partial charge on any atom is 0.280 e. The molecule has 1 aliphatic carbocycles. The van der Waals surface area contributed by atoms with Gasteiger partial charge < -0.3 is 20.6 Å². The number of anilines is 1. The quantitative estimate of drug-likeness (QED) is 0.439. The number of carbonyl (C=O) groups excluding carboxylic acids is 2. The van der Waals surface area contributed by atoms with Crippen molar-refractivity contribution in [2.45, 2.75) is 89.8 Å². The Morgan fingerprint density at radius 1 is 1.22 bits per heavy atom. The zero-order chi connectivity index (χ0) is 26.7. The first-order valence-electron chi connectivity index (χ1n) is 12.9. The van der Waals surface area contributed by atoms with Gasteiger partial charge in [-0.2, -0.15) is 0 Å². The number of carbonyl (C=O) groups is 2. The molecule has 0 spiro atoms. The monoisotopic (exact) mass is 535 g/mol. The molecule has 11 heteroatoms. The highest BCUT2D eigenvalue weighted by Gasteiger charge is 2.32. The van der Waals surface area contributed by atoms with Crippen molar-refractivity contribution in [3.8, 4) is 10.4 Å². The number of nitrogens with zero attached hydrogens (tertiary/aromatic N) is 3. The molecular formula is C26H35F2N5O3S. The number of pyridine rings is 1. The Morgan fingerprint density at radius 3 is 2.57 bits per heavy atom. The first-order chi connectivity index (χ1) is 17.5. The van der Waals surface area contributed by atoms with Crippen molar-refractivity contribution in [3.63, 3.8) is 0 Å². The highest BCUT2D eigenvalue weighted by atomic mass is 32.1. The number of likely N-dealkylation sites (tertiary alicyclic amines) is 1. The molecule has 37 heavy (non-hydrogen) atoms. The van der Waals surface area contributed by atoms with E-state index in [-0.39, 0.29) is 51.2 Å². The maximum absolute atomic E-state index is 14.3. The molecule has 0 aromatic carbocycles. The summed E-state index contributed by atoms with van der Waals surface area (Å²) in [5, 5.41) is 15.8. The van der Waals surface area contributed by atoms with Crippen molar-refractivity contribution in [1.29, 1.82) is 0 Å². The number of halogens is 2. The van der Waals surface area contributed by atoms with Gasteiger partial charge in [0.25, 0.3) is 18.2 Å². The Hall–Kier alpha value is -2.66. The smallest absolute Gasteiger partial charge is 0.280 e. The van der Waals surface area contributed by atoms with Crippen LogP contribution in [0.15, 0.2) is 12.3 Å². The van der Waals surface area contributed by atoms with Crippen LogP contribution in [0.5, 0.6) is 0 Å². The van der Waals surface area contributed by atoms with Gasteiger partial charge in [-0.3, -0.25) is 9.59 Å². The molecule has 1 aliphatic heterocycles. The molecule has 2 aliphatic rings. The van der Waals surface area contributed by atoms with E-state index in [9.17, 15) is 23.5 Å². The Balaban J connectivity index is 1.73. The molecule has 2 aromatic heterocycles. The zero-order valence-electron chi connectivity index (χ0n) is 21.5. The van der Waals surface area contributed by atoms with Crippen molar-refractivity contribution < 1.29 is 23.5 Å². The predicted octanol–water partition coefficient (Wildman–Crippen LogP) is 5.01. The standard InChI is InChI=1S/C26H35F2N5O3S/c1-15-8-6-7-11-33(15)25(35)20-21(37-24(32-20)23(34)30-14-26(2,3)36)18-13-29-19(12-17(18)22(27)28)31-16-9-4-5-10-16/h12-13,15-16,22,36H,4-11,14H2,1-3H3,(H,29,31)(H,30,34)/t15-/m0/s1. The van der Waals surface area contributed by atoms with Crippen LogP contribution >= 0.6 is 11.3 Å². The van der Waals surface area contributed by atoms with Gasteiger partial charge in [0.1, 0.15) is 11.5 Å². The Kier molecular flexibility index (Phi) is 8.42. The molecule has 1 saturated carbocycles. The highest BCUT2D eigenvalue weighted by Crippen LogP contribution is 2.39. The summed E-state index contributed by atoms with van der Waals surface area (Å²) in [7, 11) is 0. The average molecular weight is 536 g/mol. The van der Waals surface area contributed by atoms with Gasteiger partial charge in [-0.25, -0.2) is 18.7 Å². The first-order valence-corrected chi connectivity index (χ1v) is 13.7. The van der Waals surface area contributed by atoms with E-state index in [1.54, 1.807) is 18.7 Å². The first kappa shape index (κ1) is 27.4. The van der Waals surface area contributed by atoms with Gasteiger partial charge in [0.2, 0.25) is 0 Å². The van der Waals surface area contributed by atoms with Crippen molar-refractivity contribution in [1.82, 2.24) is 20.2 Å². The lowest BCUT2D eigenvalue weighted by Gasteiger charge is -2.33. The summed E-state index contributed by atoms with van der Waals surface area (Å²) in [5.41, 5.74) is -1.33. The summed E-state index contributed by atoms with van der Waals surface area (Å²) in [6, 6.07) is 1.52. The fourth-order valence-electron chi connectivity index (χ4n) is 4.85. The number of thiazole rings is 1. The maximum atomic E-state index is 14.3. The molecule has 3 heterocycles. The second-order valence-electron chi connectivity index (χ2n) is 10.6. The number of rotatable bonds is 8. The van der Waals surface area contributed by atoms with Gasteiger partial charge in [0.05, 0.1) is 10.5 Å². The lowest BCUT2D eigenvalue weighted by atomic mass is 10.0. The molecule has 1 atom stereocenters. The minimum atomic E-state index is -2.81. The third-order valence-corrected chi connectivity index (χ3v) is 7.98. The molecular weight excluding hydrogens is 500 g/mol. The van der Waals surface area contributed by atoms with Crippen LogP contribution in [0.2, 0.25) is 0 Å². The SMILES string of the molecule is C[C@H]1CCCCN1C(=O)c1nc(C(=O)NCC(C)(C)O)sc1-c1cnc(NC2CCCC2)cc1C(F)F. The van der Waals surface area contributed by atoms with Crippen molar-refractivity contribution in [2.75, 3.05) is 18.4 Å². The second kappa shape index (κ2) is 11.4. The number of piperidine rings is 1. The zero-order valence-corrected chi connectivity index (χ0v) is 22.3. The number of nitrogens with one attached hydrogen (secondary N) is 2. The summed E-state index contributed by atoms with van der Waals surface area (Å²) in [6.45, 7) is 5.57. The molecule has 2 aromatic rings. The third-order valence-electron chi connectivity index (χ3n) is 6.89. The summed E-state index contributed by atoms with van der Waals surface area (Å²) in [6.07, 6.45) is 5.36. The summed E-state index contributed by atoms with van der Waals surface area (Å²) < 4.78 is 28.6. The van der Waals surface area contributed by atoms with E-state index in [1.165, 1.54) is 12.3 Å². The Morgan fingerprint density at radius 2 is 1.92 bits per heavy atom. The molecule has 3 N–H and O–H groups in total. The van der Waals surface area contributed by atoms with Crippen LogP contribution < -0.4 is 10.6 Å². The molecule has 4 rings (SSSR count). The second-order valence-corrected chi connectivity index (χ2v) is 11.6. The number of hydrogen-bond donors (Lipinski definition) is 3. The van der Waals surface area contributed by atoms with E-state index in [0.717, 1.165) is 56.3 Å². The van der Waals surface area contributed by atoms with Gasteiger partial charge in [0, 0.05) is 42.5 Å². The number of aromatic nitrogens is 2. The Labute approximate surface area is 219 Å². The van der Waals surface area contributed by atoms with E-state index < -0.39 is 17.9 Å². The van der Waals surface area contributed by atoms with Crippen LogP contribution in [0.25, 0.3) is 10.4 Å². The van der Waals surface area contributed by atoms with Crippen LogP contribution in [-0.4, -0.2) is 62.6 Å². The van der Waals surface area contributed by atoms with Crippen LogP contribution in [0.1, 0.15) is 98.0 Å². The van der Waals surface area contributed by atoms with Crippen LogP contribution in [0.4, 0.5) is 14.6 Å². The normalized spacial score (nSPS) is 18.9. The largest absolute Gasteiger partial charge is 0.389 e. The molecule has 2 fully saturated rings. The molecule has 2 amide bonds. The topological polar surface area (TPSA) is 107 Å². The molecule has 8 nitrogen and oxygen atoms in total. The van der Waals surface area contributed by atoms with E-state index in [2.05, 4.69) is 20.6 Å². The van der Waals surface area contributed by atoms with Gasteiger partial charge in [-0.05, 0) is 58.9 Å². The number of alkyl halides is 2. The number of amides is 2. The molecule has 0 unspecified atom stereocenters. The Bertz CT molecular complexity index is 1130. The van der Waals surface area contributed by atoms with Gasteiger partial charge >= 0.3 is 0 Å². The van der Waals surface area contributed by atoms with Crippen LogP contribution in [0, 0.1) is 0 Å².